The van der Waals surface area contributed by atoms with Crippen LogP contribution in [-0.2, 0) is 9.59 Å². The van der Waals surface area contributed by atoms with E-state index in [1.165, 1.54) is 0 Å². The second-order valence-electron chi connectivity index (χ2n) is 7.69. The van der Waals surface area contributed by atoms with Crippen molar-refractivity contribution in [2.75, 3.05) is 26.2 Å². The highest BCUT2D eigenvalue weighted by atomic mass is 16.2. The second kappa shape index (κ2) is 8.15. The summed E-state index contributed by atoms with van der Waals surface area (Å²) in [5.74, 6) is 0.403. The first kappa shape index (κ1) is 18.2. The van der Waals surface area contributed by atoms with Crippen LogP contribution >= 0.6 is 0 Å². The predicted octanol–water partition coefficient (Wildman–Crippen LogP) is 0.209. The van der Waals surface area contributed by atoms with Crippen molar-refractivity contribution in [3.05, 3.63) is 0 Å². The molecule has 0 spiro atoms. The summed E-state index contributed by atoms with van der Waals surface area (Å²) in [6, 6.07) is 2.24. The molecule has 0 aromatic heterocycles. The van der Waals surface area contributed by atoms with Crippen molar-refractivity contribution in [2.45, 2.75) is 63.1 Å². The van der Waals surface area contributed by atoms with Crippen LogP contribution in [0.4, 0.5) is 0 Å². The van der Waals surface area contributed by atoms with Crippen LogP contribution in [0.25, 0.3) is 0 Å². The summed E-state index contributed by atoms with van der Waals surface area (Å²) >= 11 is 0. The van der Waals surface area contributed by atoms with Crippen LogP contribution in [0, 0.1) is 17.2 Å². The number of nitrogens with two attached hydrogens (primary N) is 1. The normalized spacial score (nSPS) is 32.8. The average molecular weight is 347 g/mol. The number of primary amides is 1. The topological polar surface area (TPSA) is 102 Å². The van der Waals surface area contributed by atoms with Crippen molar-refractivity contribution in [3.8, 4) is 6.07 Å². The first-order valence-corrected chi connectivity index (χ1v) is 9.54. The van der Waals surface area contributed by atoms with Crippen molar-refractivity contribution < 1.29 is 9.59 Å². The van der Waals surface area contributed by atoms with Gasteiger partial charge in [0.15, 0.2) is 0 Å². The van der Waals surface area contributed by atoms with Gasteiger partial charge in [-0.15, -0.1) is 0 Å². The molecule has 3 N–H and O–H groups in total. The van der Waals surface area contributed by atoms with Gasteiger partial charge < -0.3 is 16.0 Å². The first-order chi connectivity index (χ1) is 12.1. The fourth-order valence-electron chi connectivity index (χ4n) is 4.66. The molecule has 2 aliphatic heterocycles. The van der Waals surface area contributed by atoms with Crippen molar-refractivity contribution in [2.24, 2.45) is 11.7 Å². The van der Waals surface area contributed by atoms with Crippen LogP contribution in [-0.4, -0.2) is 65.9 Å². The van der Waals surface area contributed by atoms with Crippen LogP contribution in [0.2, 0.25) is 0 Å². The minimum Gasteiger partial charge on any atom is -0.368 e. The Kier molecular flexibility index (Phi) is 5.92. The summed E-state index contributed by atoms with van der Waals surface area (Å²) in [5, 5.41) is 12.5. The van der Waals surface area contributed by atoms with E-state index in [1.54, 1.807) is 4.90 Å². The van der Waals surface area contributed by atoms with Crippen LogP contribution in [0.5, 0.6) is 0 Å². The number of nitrogens with zero attached hydrogens (tertiary/aromatic N) is 3. The Morgan fingerprint density at radius 2 is 1.96 bits per heavy atom. The molecule has 2 heterocycles. The van der Waals surface area contributed by atoms with Crippen LogP contribution in [0.3, 0.4) is 0 Å². The highest BCUT2D eigenvalue weighted by Gasteiger charge is 2.34. The van der Waals surface area contributed by atoms with E-state index >= 15 is 0 Å². The lowest BCUT2D eigenvalue weighted by molar-refractivity contribution is -0.130. The predicted molar refractivity (Wildman–Crippen MR) is 93.3 cm³/mol. The standard InChI is InChI=1S/C18H29N5O2/c19-10-15-3-1-8-23(15)17(24)11-21-14-6-5-13(9-14)12-22-7-2-4-16(22)18(20)25/h13-16,21H,1-9,11-12H2,(H2,20,25)/t13?,14?,15-,16-/m0/s1. The number of amides is 2. The molecule has 3 aliphatic rings. The Labute approximate surface area is 149 Å². The van der Waals surface area contributed by atoms with Crippen LogP contribution < -0.4 is 11.1 Å². The fourth-order valence-corrected chi connectivity index (χ4v) is 4.66. The molecule has 7 heteroatoms. The molecular formula is C18H29N5O2. The molecule has 2 amide bonds. The zero-order chi connectivity index (χ0) is 17.8. The molecule has 4 atom stereocenters. The van der Waals surface area contributed by atoms with Crippen molar-refractivity contribution in [3.63, 3.8) is 0 Å². The van der Waals surface area contributed by atoms with E-state index in [9.17, 15) is 9.59 Å². The third-order valence-electron chi connectivity index (χ3n) is 5.99. The highest BCUT2D eigenvalue weighted by Crippen LogP contribution is 2.29. The average Bonchev–Trinajstić information content (AvgIpc) is 3.33. The number of hydrogen-bond donors (Lipinski definition) is 2. The van der Waals surface area contributed by atoms with Crippen molar-refractivity contribution >= 4 is 11.8 Å². The van der Waals surface area contributed by atoms with Crippen molar-refractivity contribution in [1.29, 1.82) is 5.26 Å². The maximum Gasteiger partial charge on any atom is 0.237 e. The highest BCUT2D eigenvalue weighted by molar-refractivity contribution is 5.80. The van der Waals surface area contributed by atoms with Crippen LogP contribution in [0.1, 0.15) is 44.9 Å². The molecule has 7 nitrogen and oxygen atoms in total. The van der Waals surface area contributed by atoms with E-state index in [2.05, 4.69) is 16.3 Å². The van der Waals surface area contributed by atoms with Gasteiger partial charge in [0.1, 0.15) is 6.04 Å². The summed E-state index contributed by atoms with van der Waals surface area (Å²) in [7, 11) is 0. The van der Waals surface area contributed by atoms with Gasteiger partial charge in [-0.3, -0.25) is 14.5 Å². The lowest BCUT2D eigenvalue weighted by Gasteiger charge is -2.25. The van der Waals surface area contributed by atoms with Gasteiger partial charge in [-0.25, -0.2) is 0 Å². The van der Waals surface area contributed by atoms with E-state index in [-0.39, 0.29) is 23.9 Å². The molecule has 2 unspecified atom stereocenters. The zero-order valence-corrected chi connectivity index (χ0v) is 14.8. The van der Waals surface area contributed by atoms with E-state index in [1.807, 2.05) is 0 Å². The summed E-state index contributed by atoms with van der Waals surface area (Å²) in [5.41, 5.74) is 5.50. The molecule has 0 bridgehead atoms. The number of hydrogen-bond acceptors (Lipinski definition) is 5. The molecule has 0 aromatic carbocycles. The second-order valence-corrected chi connectivity index (χ2v) is 7.69. The van der Waals surface area contributed by atoms with Gasteiger partial charge in [-0.05, 0) is 57.4 Å². The summed E-state index contributed by atoms with van der Waals surface area (Å²) in [4.78, 5) is 27.8. The summed E-state index contributed by atoms with van der Waals surface area (Å²) in [6.45, 7) is 2.92. The maximum atomic E-state index is 12.3. The lowest BCUT2D eigenvalue weighted by Crippen LogP contribution is -2.43. The minimum atomic E-state index is -0.244. The van der Waals surface area contributed by atoms with Gasteiger partial charge in [-0.1, -0.05) is 0 Å². The smallest absolute Gasteiger partial charge is 0.237 e. The Hall–Kier alpha value is -1.65. The minimum absolute atomic E-state index is 0.0424. The van der Waals surface area contributed by atoms with E-state index in [0.29, 0.717) is 25.0 Å². The van der Waals surface area contributed by atoms with E-state index < -0.39 is 0 Å². The third-order valence-corrected chi connectivity index (χ3v) is 5.99. The van der Waals surface area contributed by atoms with Gasteiger partial charge in [0.25, 0.3) is 0 Å². The number of carbonyl (C=O) groups excluding carboxylic acids is 2. The summed E-state index contributed by atoms with van der Waals surface area (Å²) in [6.07, 6.45) is 6.88. The summed E-state index contributed by atoms with van der Waals surface area (Å²) < 4.78 is 0. The van der Waals surface area contributed by atoms with Gasteiger partial charge in [-0.2, -0.15) is 5.26 Å². The molecular weight excluding hydrogens is 318 g/mol. The number of carbonyl (C=O) groups is 2. The monoisotopic (exact) mass is 347 g/mol. The fraction of sp³-hybridized carbons (Fsp3) is 0.833. The molecule has 1 aliphatic carbocycles. The Bertz CT molecular complexity index is 546. The molecule has 1 saturated carbocycles. The molecule has 2 saturated heterocycles. The lowest BCUT2D eigenvalue weighted by atomic mass is 10.1. The Morgan fingerprint density at radius 1 is 1.16 bits per heavy atom. The SMILES string of the molecule is N#C[C@@H]1CCCN1C(=O)CNC1CCC(CN2CCC[C@H]2C(N)=O)C1. The van der Waals surface area contributed by atoms with E-state index in [4.69, 9.17) is 11.0 Å². The third kappa shape index (κ3) is 4.31. The number of nitrogens with one attached hydrogen (secondary N) is 1. The largest absolute Gasteiger partial charge is 0.368 e. The molecule has 0 radical (unpaired) electrons. The quantitative estimate of drug-likeness (QED) is 0.715. The zero-order valence-electron chi connectivity index (χ0n) is 14.8. The molecule has 3 fully saturated rings. The number of nitriles is 1. The molecule has 25 heavy (non-hydrogen) atoms. The molecule has 0 aromatic rings. The van der Waals surface area contributed by atoms with Crippen LogP contribution in [0.15, 0.2) is 0 Å². The Morgan fingerprint density at radius 3 is 2.72 bits per heavy atom. The molecule has 3 rings (SSSR count). The molecule has 138 valence electrons. The first-order valence-electron chi connectivity index (χ1n) is 9.54. The van der Waals surface area contributed by atoms with Gasteiger partial charge >= 0.3 is 0 Å². The number of rotatable bonds is 6. The number of likely N-dealkylation sites (tertiary alicyclic amines) is 2. The van der Waals surface area contributed by atoms with Gasteiger partial charge in [0.05, 0.1) is 18.7 Å². The van der Waals surface area contributed by atoms with E-state index in [0.717, 1.165) is 58.0 Å². The van der Waals surface area contributed by atoms with Gasteiger partial charge in [0, 0.05) is 19.1 Å². The maximum absolute atomic E-state index is 12.3. The Balaban J connectivity index is 1.40. The van der Waals surface area contributed by atoms with Crippen molar-refractivity contribution in [1.82, 2.24) is 15.1 Å². The van der Waals surface area contributed by atoms with Gasteiger partial charge in [0.2, 0.25) is 11.8 Å².